The maximum atomic E-state index is 14.6. The Morgan fingerprint density at radius 1 is 1.39 bits per heavy atom. The Morgan fingerprint density at radius 3 is 2.55 bits per heavy atom. The third kappa shape index (κ3) is 6.28. The second kappa shape index (κ2) is 9.47. The summed E-state index contributed by atoms with van der Waals surface area (Å²) >= 11 is 1.82. The van der Waals surface area contributed by atoms with E-state index in [1.807, 2.05) is 22.6 Å². The van der Waals surface area contributed by atoms with Crippen LogP contribution in [0.5, 0.6) is 0 Å². The molecule has 0 fully saturated rings. The first kappa shape index (κ1) is 26.3. The Labute approximate surface area is 196 Å². The summed E-state index contributed by atoms with van der Waals surface area (Å²) in [6.07, 6.45) is -1.42. The van der Waals surface area contributed by atoms with Gasteiger partial charge >= 0.3 is 6.09 Å². The van der Waals surface area contributed by atoms with Crippen LogP contribution in [-0.2, 0) is 10.3 Å². The van der Waals surface area contributed by atoms with Crippen molar-refractivity contribution in [2.45, 2.75) is 38.1 Å². The van der Waals surface area contributed by atoms with E-state index < -0.39 is 54.6 Å². The minimum absolute atomic E-state index is 0.188. The minimum Gasteiger partial charge on any atom is -0.465 e. The quantitative estimate of drug-likeness (QED) is 0.141. The number of ether oxygens (including phenoxy) is 1. The van der Waals surface area contributed by atoms with Gasteiger partial charge in [-0.05, 0) is 47.7 Å². The van der Waals surface area contributed by atoms with E-state index >= 15 is 0 Å². The van der Waals surface area contributed by atoms with E-state index in [0.29, 0.717) is 10.2 Å². The lowest BCUT2D eigenvalue weighted by molar-refractivity contribution is 0.0650. The summed E-state index contributed by atoms with van der Waals surface area (Å²) in [7, 11) is -3.70. The summed E-state index contributed by atoms with van der Waals surface area (Å²) in [4.78, 5) is 17.0. The first-order chi connectivity index (χ1) is 14.1. The van der Waals surface area contributed by atoms with Crippen molar-refractivity contribution in [2.75, 3.05) is 26.1 Å². The molecule has 1 atom stereocenters. The van der Waals surface area contributed by atoms with Gasteiger partial charge in [-0.15, -0.1) is 10.8 Å². The largest absolute Gasteiger partial charge is 0.465 e. The van der Waals surface area contributed by atoms with Crippen molar-refractivity contribution in [3.63, 3.8) is 0 Å². The summed E-state index contributed by atoms with van der Waals surface area (Å²) in [6.45, 7) is 7.81. The second-order valence-corrected chi connectivity index (χ2v) is 17.7. The van der Waals surface area contributed by atoms with E-state index in [1.165, 1.54) is 20.0 Å². The van der Waals surface area contributed by atoms with Crippen LogP contribution in [0.1, 0.15) is 12.5 Å². The van der Waals surface area contributed by atoms with Crippen molar-refractivity contribution < 1.29 is 32.5 Å². The summed E-state index contributed by atoms with van der Waals surface area (Å²) in [5.41, 5.74) is -1.80. The molecule has 1 unspecified atom stereocenters. The highest BCUT2D eigenvalue weighted by Gasteiger charge is 2.45. The van der Waals surface area contributed by atoms with Gasteiger partial charge in [-0.25, -0.2) is 27.8 Å². The zero-order valence-corrected chi connectivity index (χ0v) is 22.0. The van der Waals surface area contributed by atoms with E-state index in [1.54, 1.807) is 0 Å². The molecule has 0 saturated carbocycles. The standard InChI is InChI=1S/C18H28F2IN3O5SSi/c1-18(13-8-12(21)9-14(19)15(13)20)10-30(27,28)23(2)16(22-18)24(17(25)26)11-29-6-7-31(3,4)5/h8-9,27-28H,6-7,10-11H2,1-5H3,(H,25,26). The summed E-state index contributed by atoms with van der Waals surface area (Å²) in [6, 6.07) is 3.18. The van der Waals surface area contributed by atoms with E-state index in [2.05, 4.69) is 24.6 Å². The number of rotatable bonds is 6. The molecule has 1 aliphatic heterocycles. The van der Waals surface area contributed by atoms with Crippen LogP contribution < -0.4 is 0 Å². The molecule has 0 bridgehead atoms. The molecule has 1 heterocycles. The molecule has 1 amide bonds. The first-order valence-corrected chi connectivity index (χ1v) is 15.9. The van der Waals surface area contributed by atoms with Gasteiger partial charge in [0.05, 0.1) is 5.75 Å². The molecule has 176 valence electrons. The van der Waals surface area contributed by atoms with E-state index in [4.69, 9.17) is 4.74 Å². The smallest absolute Gasteiger partial charge is 0.416 e. The monoisotopic (exact) mass is 591 g/mol. The number of hydrogen-bond donors (Lipinski definition) is 3. The van der Waals surface area contributed by atoms with Crippen LogP contribution in [0.25, 0.3) is 0 Å². The summed E-state index contributed by atoms with van der Waals surface area (Å²) in [5, 5.41) is 9.71. The molecule has 13 heteroatoms. The summed E-state index contributed by atoms with van der Waals surface area (Å²) in [5.74, 6) is -3.01. The number of nitrogens with zero attached hydrogens (tertiary/aromatic N) is 3. The maximum absolute atomic E-state index is 14.6. The molecule has 0 saturated heterocycles. The lowest BCUT2D eigenvalue weighted by Crippen LogP contribution is -2.53. The topological polar surface area (TPSA) is 106 Å². The van der Waals surface area contributed by atoms with Crippen molar-refractivity contribution in [1.29, 1.82) is 0 Å². The third-order valence-corrected chi connectivity index (χ3v) is 9.12. The van der Waals surface area contributed by atoms with E-state index in [0.717, 1.165) is 21.3 Å². The SMILES string of the molecule is CN1C(N(COCC[Si](C)(C)C)C(=O)O)=NC(C)(c2cc(I)cc(F)c2F)CS1(O)O. The van der Waals surface area contributed by atoms with Crippen molar-refractivity contribution in [2.24, 2.45) is 4.99 Å². The number of carbonyl (C=O) groups is 1. The molecule has 0 aliphatic carbocycles. The normalized spacial score (nSPS) is 22.1. The Morgan fingerprint density at radius 2 is 2.00 bits per heavy atom. The number of aliphatic imine (C=N–C) groups is 1. The lowest BCUT2D eigenvalue weighted by atomic mass is 9.94. The van der Waals surface area contributed by atoms with E-state index in [-0.39, 0.29) is 11.5 Å². The molecule has 8 nitrogen and oxygen atoms in total. The molecule has 3 N–H and O–H groups in total. The van der Waals surface area contributed by atoms with Crippen LogP contribution in [0, 0.1) is 15.2 Å². The lowest BCUT2D eigenvalue weighted by Gasteiger charge is -2.51. The molecule has 1 aromatic rings. The van der Waals surface area contributed by atoms with Crippen LogP contribution in [0.2, 0.25) is 25.7 Å². The number of amides is 1. The van der Waals surface area contributed by atoms with Crippen molar-refractivity contribution in [3.05, 3.63) is 32.9 Å². The van der Waals surface area contributed by atoms with Crippen LogP contribution in [0.15, 0.2) is 17.1 Å². The minimum atomic E-state index is -3.58. The Bertz CT molecular complexity index is 886. The average Bonchev–Trinajstić information content (AvgIpc) is 2.60. The Hall–Kier alpha value is -1.00. The number of guanidine groups is 1. The second-order valence-electron chi connectivity index (χ2n) is 8.77. The van der Waals surface area contributed by atoms with Gasteiger partial charge in [0, 0.05) is 30.9 Å². The fourth-order valence-corrected chi connectivity index (χ4v) is 5.89. The fourth-order valence-electron chi connectivity index (χ4n) is 2.98. The Kier molecular flexibility index (Phi) is 8.02. The molecule has 1 aromatic carbocycles. The molecule has 0 radical (unpaired) electrons. The van der Waals surface area contributed by atoms with Crippen LogP contribution >= 0.6 is 33.4 Å². The maximum Gasteiger partial charge on any atom is 0.416 e. The molecule has 2 rings (SSSR count). The highest BCUT2D eigenvalue weighted by molar-refractivity contribution is 14.1. The zero-order chi connectivity index (χ0) is 23.8. The summed E-state index contributed by atoms with van der Waals surface area (Å²) < 4.78 is 56.9. The van der Waals surface area contributed by atoms with Gasteiger partial charge in [-0.3, -0.25) is 9.11 Å². The van der Waals surface area contributed by atoms with Crippen molar-refractivity contribution in [1.82, 2.24) is 9.21 Å². The van der Waals surface area contributed by atoms with Gasteiger partial charge in [0.25, 0.3) is 0 Å². The van der Waals surface area contributed by atoms with Crippen molar-refractivity contribution in [3.8, 4) is 0 Å². The zero-order valence-electron chi connectivity index (χ0n) is 18.0. The molecular formula is C18H28F2IN3O5SSi. The van der Waals surface area contributed by atoms with Gasteiger partial charge in [0.15, 0.2) is 11.6 Å². The predicted octanol–water partition coefficient (Wildman–Crippen LogP) is 5.04. The molecule has 0 spiro atoms. The van der Waals surface area contributed by atoms with Crippen LogP contribution in [0.3, 0.4) is 0 Å². The Balaban J connectivity index is 2.47. The predicted molar refractivity (Wildman–Crippen MR) is 128 cm³/mol. The number of halogens is 3. The molecular weight excluding hydrogens is 563 g/mol. The third-order valence-electron chi connectivity index (χ3n) is 4.80. The van der Waals surface area contributed by atoms with Gasteiger partial charge in [-0.2, -0.15) is 0 Å². The van der Waals surface area contributed by atoms with Gasteiger partial charge in [0.1, 0.15) is 12.3 Å². The molecule has 0 aromatic heterocycles. The van der Waals surface area contributed by atoms with Crippen LogP contribution in [-0.4, -0.2) is 69.7 Å². The average molecular weight is 591 g/mol. The first-order valence-electron chi connectivity index (χ1n) is 9.40. The van der Waals surface area contributed by atoms with Gasteiger partial charge in [-0.1, -0.05) is 19.6 Å². The highest BCUT2D eigenvalue weighted by Crippen LogP contribution is 2.52. The molecule has 31 heavy (non-hydrogen) atoms. The van der Waals surface area contributed by atoms with Crippen LogP contribution in [0.4, 0.5) is 13.6 Å². The fraction of sp³-hybridized carbons (Fsp3) is 0.556. The number of carboxylic acid groups (broad SMARTS) is 1. The number of hydrogen-bond acceptors (Lipinski definition) is 6. The van der Waals surface area contributed by atoms with Gasteiger partial charge in [0.2, 0.25) is 5.96 Å². The van der Waals surface area contributed by atoms with E-state index in [9.17, 15) is 27.8 Å². The van der Waals surface area contributed by atoms with Gasteiger partial charge < -0.3 is 9.84 Å². The highest BCUT2D eigenvalue weighted by atomic mass is 127. The van der Waals surface area contributed by atoms with Crippen molar-refractivity contribution >= 4 is 53.5 Å². The molecule has 1 aliphatic rings. The number of benzene rings is 1.